The highest BCUT2D eigenvalue weighted by molar-refractivity contribution is 8.02. The van der Waals surface area contributed by atoms with Crippen LogP contribution in [0.25, 0.3) is 0 Å². The summed E-state index contributed by atoms with van der Waals surface area (Å²) in [6, 6.07) is 0. The Morgan fingerprint density at radius 2 is 2.36 bits per heavy atom. The molecule has 1 N–H and O–H groups in total. The van der Waals surface area contributed by atoms with Gasteiger partial charge in [-0.15, -0.1) is 11.8 Å². The summed E-state index contributed by atoms with van der Waals surface area (Å²) >= 11 is 1.43. The maximum absolute atomic E-state index is 11.2. The van der Waals surface area contributed by atoms with Crippen LogP contribution in [0.15, 0.2) is 0 Å². The van der Waals surface area contributed by atoms with E-state index < -0.39 is 10.7 Å². The molecule has 0 radical (unpaired) electrons. The van der Waals surface area contributed by atoms with Gasteiger partial charge in [0.1, 0.15) is 4.75 Å². The number of nitrogens with zero attached hydrogens (tertiary/aromatic N) is 1. The molecule has 0 saturated carbocycles. The van der Waals surface area contributed by atoms with Crippen LogP contribution in [-0.4, -0.2) is 38.5 Å². The van der Waals surface area contributed by atoms with Crippen molar-refractivity contribution >= 4 is 23.6 Å². The van der Waals surface area contributed by atoms with E-state index in [1.807, 2.05) is 13.8 Å². The van der Waals surface area contributed by atoms with E-state index in [9.17, 15) is 14.7 Å². The molecule has 0 bridgehead atoms. The number of carbonyl (C=O) groups excluding carboxylic acids is 1. The number of thioether (sulfide) groups is 1. The smallest absolute Gasteiger partial charge is 0.321 e. The zero-order valence-corrected chi connectivity index (χ0v) is 9.00. The van der Waals surface area contributed by atoms with Crippen LogP contribution in [0.1, 0.15) is 20.3 Å². The molecular weight excluding hydrogens is 202 g/mol. The summed E-state index contributed by atoms with van der Waals surface area (Å²) in [7, 11) is 0. The summed E-state index contributed by atoms with van der Waals surface area (Å²) in [5.41, 5.74) is 0. The van der Waals surface area contributed by atoms with Gasteiger partial charge in [-0.05, 0) is 5.92 Å². The second kappa shape index (κ2) is 2.89. The van der Waals surface area contributed by atoms with Gasteiger partial charge in [0.25, 0.3) is 0 Å². The molecule has 0 aromatic heterocycles. The van der Waals surface area contributed by atoms with Crippen molar-refractivity contribution in [2.24, 2.45) is 5.92 Å². The SMILES string of the molecule is CC(C)C1(C(=O)O)CN2C(=O)C[C@H]2S1. The molecule has 0 aliphatic carbocycles. The average molecular weight is 215 g/mol. The van der Waals surface area contributed by atoms with Crippen LogP contribution in [0.4, 0.5) is 0 Å². The molecule has 2 fully saturated rings. The van der Waals surface area contributed by atoms with Crippen molar-refractivity contribution in [3.63, 3.8) is 0 Å². The molecule has 1 amide bonds. The molecule has 0 spiro atoms. The zero-order valence-electron chi connectivity index (χ0n) is 8.19. The minimum absolute atomic E-state index is 0.0448. The second-order valence-electron chi connectivity index (χ2n) is 4.15. The van der Waals surface area contributed by atoms with Crippen molar-refractivity contribution in [3.8, 4) is 0 Å². The highest BCUT2D eigenvalue weighted by atomic mass is 32.2. The predicted molar refractivity (Wildman–Crippen MR) is 52.9 cm³/mol. The summed E-state index contributed by atoms with van der Waals surface area (Å²) in [6.45, 7) is 4.17. The summed E-state index contributed by atoms with van der Waals surface area (Å²) in [5, 5.41) is 9.34. The van der Waals surface area contributed by atoms with E-state index in [0.717, 1.165) is 0 Å². The largest absolute Gasteiger partial charge is 0.480 e. The molecule has 14 heavy (non-hydrogen) atoms. The molecule has 2 rings (SSSR count). The predicted octanol–water partition coefficient (Wildman–Crippen LogP) is 0.771. The zero-order chi connectivity index (χ0) is 10.5. The Labute approximate surface area is 86.6 Å². The number of hydrogen-bond acceptors (Lipinski definition) is 3. The number of carboxylic acids is 1. The van der Waals surface area contributed by atoms with Crippen LogP contribution in [0.5, 0.6) is 0 Å². The molecule has 0 aromatic carbocycles. The first-order chi connectivity index (χ1) is 6.47. The molecule has 2 heterocycles. The molecule has 2 atom stereocenters. The molecule has 4 nitrogen and oxygen atoms in total. The minimum atomic E-state index is -0.792. The van der Waals surface area contributed by atoms with Crippen LogP contribution >= 0.6 is 11.8 Å². The molecule has 1 unspecified atom stereocenters. The Morgan fingerprint density at radius 3 is 2.71 bits per heavy atom. The number of fused-ring (bicyclic) bond motifs is 1. The lowest BCUT2D eigenvalue weighted by atomic mass is 9.93. The van der Waals surface area contributed by atoms with Crippen molar-refractivity contribution in [2.75, 3.05) is 6.54 Å². The minimum Gasteiger partial charge on any atom is -0.480 e. The molecule has 5 heteroatoms. The van der Waals surface area contributed by atoms with E-state index in [-0.39, 0.29) is 17.2 Å². The lowest BCUT2D eigenvalue weighted by Crippen LogP contribution is -2.50. The van der Waals surface area contributed by atoms with E-state index in [0.29, 0.717) is 13.0 Å². The van der Waals surface area contributed by atoms with E-state index in [4.69, 9.17) is 0 Å². The number of β-lactam (4-membered cyclic amide) rings is 1. The highest BCUT2D eigenvalue weighted by Crippen LogP contribution is 2.50. The maximum Gasteiger partial charge on any atom is 0.321 e. The summed E-state index contributed by atoms with van der Waals surface area (Å²) < 4.78 is -0.781. The first-order valence-corrected chi connectivity index (χ1v) is 5.56. The van der Waals surface area contributed by atoms with Gasteiger partial charge in [-0.2, -0.15) is 0 Å². The van der Waals surface area contributed by atoms with E-state index in [1.54, 1.807) is 4.90 Å². The third-order valence-corrected chi connectivity index (χ3v) is 4.95. The van der Waals surface area contributed by atoms with Crippen LogP contribution in [0.2, 0.25) is 0 Å². The van der Waals surface area contributed by atoms with Crippen molar-refractivity contribution in [1.29, 1.82) is 0 Å². The first-order valence-electron chi connectivity index (χ1n) is 4.68. The Morgan fingerprint density at radius 1 is 1.71 bits per heavy atom. The highest BCUT2D eigenvalue weighted by Gasteiger charge is 2.58. The Kier molecular flexibility index (Phi) is 2.03. The Bertz CT molecular complexity index is 304. The van der Waals surface area contributed by atoms with E-state index >= 15 is 0 Å². The van der Waals surface area contributed by atoms with Gasteiger partial charge in [0.05, 0.1) is 11.8 Å². The van der Waals surface area contributed by atoms with Crippen molar-refractivity contribution in [3.05, 3.63) is 0 Å². The van der Waals surface area contributed by atoms with Gasteiger partial charge in [-0.3, -0.25) is 9.59 Å². The number of carbonyl (C=O) groups is 2. The quantitative estimate of drug-likeness (QED) is 0.691. The van der Waals surface area contributed by atoms with E-state index in [1.165, 1.54) is 11.8 Å². The van der Waals surface area contributed by atoms with E-state index in [2.05, 4.69) is 0 Å². The fraction of sp³-hybridized carbons (Fsp3) is 0.778. The molecular formula is C9H13NO3S. The van der Waals surface area contributed by atoms with Crippen molar-refractivity contribution < 1.29 is 14.7 Å². The summed E-state index contributed by atoms with van der Waals surface area (Å²) in [6.07, 6.45) is 0.506. The van der Waals surface area contributed by atoms with Gasteiger partial charge in [0, 0.05) is 6.54 Å². The third-order valence-electron chi connectivity index (χ3n) is 3.06. The third kappa shape index (κ3) is 1.08. The van der Waals surface area contributed by atoms with Crippen LogP contribution in [-0.2, 0) is 9.59 Å². The van der Waals surface area contributed by atoms with Crippen molar-refractivity contribution in [2.45, 2.75) is 30.4 Å². The number of amides is 1. The van der Waals surface area contributed by atoms with Crippen LogP contribution in [0, 0.1) is 5.92 Å². The van der Waals surface area contributed by atoms with Gasteiger partial charge in [0.15, 0.2) is 0 Å². The molecule has 0 aromatic rings. The first kappa shape index (κ1) is 9.83. The molecule has 2 saturated heterocycles. The normalized spacial score (nSPS) is 35.8. The van der Waals surface area contributed by atoms with Gasteiger partial charge in [-0.1, -0.05) is 13.8 Å². The molecule has 2 aliphatic heterocycles. The van der Waals surface area contributed by atoms with Crippen LogP contribution < -0.4 is 0 Å². The monoisotopic (exact) mass is 215 g/mol. The fourth-order valence-corrected chi connectivity index (χ4v) is 3.55. The topological polar surface area (TPSA) is 57.6 Å². The lowest BCUT2D eigenvalue weighted by molar-refractivity contribution is -0.145. The van der Waals surface area contributed by atoms with Gasteiger partial charge in [0.2, 0.25) is 5.91 Å². The Hall–Kier alpha value is -0.710. The average Bonchev–Trinajstić information content (AvgIpc) is 2.39. The van der Waals surface area contributed by atoms with Gasteiger partial charge in [-0.25, -0.2) is 0 Å². The fourth-order valence-electron chi connectivity index (χ4n) is 1.94. The van der Waals surface area contributed by atoms with Crippen molar-refractivity contribution in [1.82, 2.24) is 4.90 Å². The lowest BCUT2D eigenvalue weighted by Gasteiger charge is -2.32. The number of rotatable bonds is 2. The Balaban J connectivity index is 2.24. The number of hydrogen-bond donors (Lipinski definition) is 1. The number of aliphatic carboxylic acids is 1. The molecule has 78 valence electrons. The van der Waals surface area contributed by atoms with Crippen LogP contribution in [0.3, 0.4) is 0 Å². The van der Waals surface area contributed by atoms with Gasteiger partial charge < -0.3 is 10.0 Å². The number of carboxylic acid groups (broad SMARTS) is 1. The summed E-state index contributed by atoms with van der Waals surface area (Å²) in [5.74, 6) is -0.658. The van der Waals surface area contributed by atoms with Gasteiger partial charge >= 0.3 is 5.97 Å². The standard InChI is InChI=1S/C9H13NO3S/c1-5(2)9(8(12)13)4-10-6(11)3-7(10)14-9/h5,7H,3-4H2,1-2H3,(H,12,13)/t7-,9?/m1/s1. The molecule has 2 aliphatic rings. The maximum atomic E-state index is 11.2. The summed E-state index contributed by atoms with van der Waals surface area (Å²) in [4.78, 5) is 24.1. The second-order valence-corrected chi connectivity index (χ2v) is 5.66.